The summed E-state index contributed by atoms with van der Waals surface area (Å²) in [5.74, 6) is -1.58. The predicted molar refractivity (Wildman–Crippen MR) is 85.8 cm³/mol. The van der Waals surface area contributed by atoms with Crippen LogP contribution in [0.25, 0.3) is 0 Å². The molecule has 0 aliphatic heterocycles. The number of carbonyl (C=O) groups excluding carboxylic acids is 1. The SMILES string of the molecule is CC(C)=C[C@@H]1[C@@H](C(=O)OCc2c(C)c(F)cc(F)c2C)C1(C)C. The second kappa shape index (κ2) is 6.06. The Morgan fingerprint density at radius 1 is 1.22 bits per heavy atom. The predicted octanol–water partition coefficient (Wildman–Crippen LogP) is 4.86. The van der Waals surface area contributed by atoms with Crippen molar-refractivity contribution in [3.63, 3.8) is 0 Å². The maximum absolute atomic E-state index is 13.7. The first-order valence-corrected chi connectivity index (χ1v) is 7.83. The van der Waals surface area contributed by atoms with Crippen molar-refractivity contribution in [2.45, 2.75) is 48.1 Å². The summed E-state index contributed by atoms with van der Waals surface area (Å²) < 4.78 is 32.7. The van der Waals surface area contributed by atoms with E-state index in [2.05, 4.69) is 6.08 Å². The number of hydrogen-bond acceptors (Lipinski definition) is 2. The van der Waals surface area contributed by atoms with E-state index < -0.39 is 11.6 Å². The Hall–Kier alpha value is -1.71. The van der Waals surface area contributed by atoms with E-state index in [9.17, 15) is 13.6 Å². The van der Waals surface area contributed by atoms with Crippen molar-refractivity contribution in [1.29, 1.82) is 0 Å². The fourth-order valence-corrected chi connectivity index (χ4v) is 3.14. The molecule has 126 valence electrons. The van der Waals surface area contributed by atoms with Gasteiger partial charge >= 0.3 is 5.97 Å². The largest absolute Gasteiger partial charge is 0.461 e. The maximum Gasteiger partial charge on any atom is 0.310 e. The molecule has 1 aliphatic carbocycles. The minimum Gasteiger partial charge on any atom is -0.461 e. The molecule has 2 rings (SSSR count). The third kappa shape index (κ3) is 3.31. The molecule has 0 aromatic heterocycles. The lowest BCUT2D eigenvalue weighted by atomic mass is 10.0. The van der Waals surface area contributed by atoms with Crippen molar-refractivity contribution >= 4 is 5.97 Å². The highest BCUT2D eigenvalue weighted by Gasteiger charge is 2.61. The Labute approximate surface area is 136 Å². The zero-order valence-corrected chi connectivity index (χ0v) is 14.6. The molecular weight excluding hydrogens is 298 g/mol. The molecule has 0 amide bonds. The van der Waals surface area contributed by atoms with Crippen molar-refractivity contribution in [1.82, 2.24) is 0 Å². The first-order valence-electron chi connectivity index (χ1n) is 7.83. The molecule has 0 heterocycles. The van der Waals surface area contributed by atoms with Gasteiger partial charge in [-0.25, -0.2) is 8.78 Å². The summed E-state index contributed by atoms with van der Waals surface area (Å²) in [6.07, 6.45) is 2.09. The van der Waals surface area contributed by atoms with Gasteiger partial charge in [-0.15, -0.1) is 0 Å². The monoisotopic (exact) mass is 322 g/mol. The molecule has 2 nitrogen and oxygen atoms in total. The second-order valence-corrected chi connectivity index (χ2v) is 7.25. The van der Waals surface area contributed by atoms with E-state index in [0.717, 1.165) is 11.6 Å². The standard InChI is InChI=1S/C19H24F2O2/c1-10(2)7-14-17(19(14,5)6)18(22)23-9-13-11(3)15(20)8-16(21)12(13)4/h7-8,14,17H,9H2,1-6H3/t14-,17+/m1/s1. The molecule has 0 saturated heterocycles. The number of ether oxygens (including phenoxy) is 1. The van der Waals surface area contributed by atoms with Crippen LogP contribution in [0.5, 0.6) is 0 Å². The first kappa shape index (κ1) is 17.6. The second-order valence-electron chi connectivity index (χ2n) is 7.25. The highest BCUT2D eigenvalue weighted by molar-refractivity contribution is 5.78. The van der Waals surface area contributed by atoms with E-state index >= 15 is 0 Å². The van der Waals surface area contributed by atoms with Gasteiger partial charge in [0, 0.05) is 11.6 Å². The van der Waals surface area contributed by atoms with Crippen LogP contribution in [0.1, 0.15) is 44.4 Å². The van der Waals surface area contributed by atoms with Gasteiger partial charge < -0.3 is 4.74 Å². The fraction of sp³-hybridized carbons (Fsp3) is 0.526. The van der Waals surface area contributed by atoms with Crippen LogP contribution in [0.4, 0.5) is 8.78 Å². The average Bonchev–Trinajstić information content (AvgIpc) is 2.96. The highest BCUT2D eigenvalue weighted by atomic mass is 19.1. The summed E-state index contributed by atoms with van der Waals surface area (Å²) in [6, 6.07) is 0.866. The average molecular weight is 322 g/mol. The lowest BCUT2D eigenvalue weighted by Gasteiger charge is -2.12. The summed E-state index contributed by atoms with van der Waals surface area (Å²) in [6.45, 7) is 11.1. The van der Waals surface area contributed by atoms with Gasteiger partial charge in [-0.2, -0.15) is 0 Å². The van der Waals surface area contributed by atoms with Gasteiger partial charge in [-0.3, -0.25) is 4.79 Å². The Bertz CT molecular complexity index is 644. The Balaban J connectivity index is 2.11. The van der Waals surface area contributed by atoms with Crippen molar-refractivity contribution in [3.8, 4) is 0 Å². The summed E-state index contributed by atoms with van der Waals surface area (Å²) in [5.41, 5.74) is 2.09. The first-order chi connectivity index (χ1) is 10.6. The van der Waals surface area contributed by atoms with Gasteiger partial charge in [-0.1, -0.05) is 25.5 Å². The van der Waals surface area contributed by atoms with E-state index in [-0.39, 0.29) is 29.8 Å². The zero-order chi connectivity index (χ0) is 17.5. The van der Waals surface area contributed by atoms with Crippen molar-refractivity contribution in [2.75, 3.05) is 0 Å². The van der Waals surface area contributed by atoms with Crippen LogP contribution < -0.4 is 0 Å². The van der Waals surface area contributed by atoms with Gasteiger partial charge in [0.15, 0.2) is 0 Å². The molecule has 0 spiro atoms. The minimum atomic E-state index is -0.617. The quantitative estimate of drug-likeness (QED) is 0.584. The lowest BCUT2D eigenvalue weighted by Crippen LogP contribution is -2.12. The number of esters is 1. The molecule has 4 heteroatoms. The van der Waals surface area contributed by atoms with Crippen LogP contribution in [0.15, 0.2) is 17.7 Å². The van der Waals surface area contributed by atoms with Crippen LogP contribution in [-0.4, -0.2) is 5.97 Å². The fourth-order valence-electron chi connectivity index (χ4n) is 3.14. The number of carbonyl (C=O) groups is 1. The molecule has 1 aliphatic rings. The van der Waals surface area contributed by atoms with Crippen molar-refractivity contribution < 1.29 is 18.3 Å². The molecule has 1 fully saturated rings. The van der Waals surface area contributed by atoms with Crippen LogP contribution in [0.3, 0.4) is 0 Å². The van der Waals surface area contributed by atoms with Crippen LogP contribution in [-0.2, 0) is 16.1 Å². The minimum absolute atomic E-state index is 0.0979. The molecule has 1 aromatic carbocycles. The van der Waals surface area contributed by atoms with Crippen LogP contribution in [0, 0.1) is 42.7 Å². The molecule has 0 unspecified atom stereocenters. The smallest absolute Gasteiger partial charge is 0.310 e. The summed E-state index contributed by atoms with van der Waals surface area (Å²) >= 11 is 0. The van der Waals surface area contributed by atoms with Gasteiger partial charge in [0.2, 0.25) is 0 Å². The van der Waals surface area contributed by atoms with E-state index in [1.54, 1.807) is 13.8 Å². The molecule has 0 bridgehead atoms. The lowest BCUT2D eigenvalue weighted by molar-refractivity contribution is -0.147. The molecular formula is C19H24F2O2. The maximum atomic E-state index is 13.7. The number of halogens is 2. The van der Waals surface area contributed by atoms with E-state index in [1.165, 1.54) is 0 Å². The molecule has 23 heavy (non-hydrogen) atoms. The third-order valence-electron chi connectivity index (χ3n) is 4.91. The van der Waals surface area contributed by atoms with Crippen molar-refractivity contribution in [3.05, 3.63) is 46.0 Å². The van der Waals surface area contributed by atoms with Gasteiger partial charge in [-0.05, 0) is 50.2 Å². The molecule has 0 radical (unpaired) electrons. The molecule has 1 aromatic rings. The Morgan fingerprint density at radius 2 is 1.74 bits per heavy atom. The van der Waals surface area contributed by atoms with Gasteiger partial charge in [0.25, 0.3) is 0 Å². The van der Waals surface area contributed by atoms with Crippen LogP contribution in [0.2, 0.25) is 0 Å². The van der Waals surface area contributed by atoms with E-state index in [4.69, 9.17) is 4.74 Å². The number of benzene rings is 1. The summed E-state index contributed by atoms with van der Waals surface area (Å²) in [7, 11) is 0. The topological polar surface area (TPSA) is 26.3 Å². The molecule has 0 N–H and O–H groups in total. The number of allylic oxidation sites excluding steroid dienone is 2. The highest BCUT2D eigenvalue weighted by Crippen LogP contribution is 2.59. The zero-order valence-electron chi connectivity index (χ0n) is 14.6. The number of hydrogen-bond donors (Lipinski definition) is 0. The normalized spacial score (nSPS) is 21.7. The van der Waals surface area contributed by atoms with Gasteiger partial charge in [0.05, 0.1) is 5.92 Å². The molecule has 2 atom stereocenters. The number of rotatable bonds is 4. The van der Waals surface area contributed by atoms with Crippen molar-refractivity contribution in [2.24, 2.45) is 17.3 Å². The Kier molecular flexibility index (Phi) is 4.65. The Morgan fingerprint density at radius 3 is 2.22 bits per heavy atom. The third-order valence-corrected chi connectivity index (χ3v) is 4.91. The van der Waals surface area contributed by atoms with Crippen LogP contribution >= 0.6 is 0 Å². The summed E-state index contributed by atoms with van der Waals surface area (Å²) in [4.78, 5) is 12.3. The van der Waals surface area contributed by atoms with E-state index in [1.807, 2.05) is 27.7 Å². The van der Waals surface area contributed by atoms with Gasteiger partial charge in [0.1, 0.15) is 18.2 Å². The summed E-state index contributed by atoms with van der Waals surface area (Å²) in [5, 5.41) is 0. The molecule has 1 saturated carbocycles. The van der Waals surface area contributed by atoms with E-state index in [0.29, 0.717) is 16.7 Å².